The van der Waals surface area contributed by atoms with Crippen molar-refractivity contribution in [1.82, 2.24) is 0 Å². The Bertz CT molecular complexity index is 170. The topological polar surface area (TPSA) is 0 Å². The van der Waals surface area contributed by atoms with E-state index in [0.717, 1.165) is 12.3 Å². The van der Waals surface area contributed by atoms with Crippen LogP contribution in [0.3, 0.4) is 0 Å². The zero-order valence-corrected chi connectivity index (χ0v) is 10.5. The van der Waals surface area contributed by atoms with Crippen molar-refractivity contribution in [1.29, 1.82) is 0 Å². The number of hydrogen-bond acceptors (Lipinski definition) is 0. The fourth-order valence-electron chi connectivity index (χ4n) is 1.04. The molecule has 0 bridgehead atoms. The molecule has 0 amide bonds. The molecule has 0 saturated carbocycles. The second kappa shape index (κ2) is 12.2. The average molecular weight is 194 g/mol. The molecule has 0 rings (SSSR count). The molecule has 0 N–H and O–H groups in total. The highest BCUT2D eigenvalue weighted by Gasteiger charge is 1.95. The third kappa shape index (κ3) is 11.2. The van der Waals surface area contributed by atoms with E-state index < -0.39 is 0 Å². The summed E-state index contributed by atoms with van der Waals surface area (Å²) in [7, 11) is 0. The molecule has 0 atom stereocenters. The molecule has 0 aliphatic carbocycles. The summed E-state index contributed by atoms with van der Waals surface area (Å²) in [5.41, 5.74) is 1.38. The van der Waals surface area contributed by atoms with Gasteiger partial charge in [0.2, 0.25) is 0 Å². The lowest BCUT2D eigenvalue weighted by Gasteiger charge is -2.04. The molecule has 0 spiro atoms. The van der Waals surface area contributed by atoms with E-state index in [1.54, 1.807) is 0 Å². The van der Waals surface area contributed by atoms with Gasteiger partial charge in [-0.3, -0.25) is 0 Å². The van der Waals surface area contributed by atoms with Gasteiger partial charge in [0, 0.05) is 0 Å². The van der Waals surface area contributed by atoms with Gasteiger partial charge in [-0.25, -0.2) is 0 Å². The lowest BCUT2D eigenvalue weighted by atomic mass is 10.0. The van der Waals surface area contributed by atoms with Gasteiger partial charge in [-0.15, -0.1) is 0 Å². The Hall–Kier alpha value is -0.780. The fourth-order valence-corrected chi connectivity index (χ4v) is 1.04. The normalized spacial score (nSPS) is 11.4. The Morgan fingerprint density at radius 3 is 2.21 bits per heavy atom. The molecule has 14 heavy (non-hydrogen) atoms. The Labute approximate surface area is 90.4 Å². The quantitative estimate of drug-likeness (QED) is 0.532. The van der Waals surface area contributed by atoms with Gasteiger partial charge in [-0.05, 0) is 31.3 Å². The van der Waals surface area contributed by atoms with Crippen LogP contribution in [0.2, 0.25) is 0 Å². The maximum absolute atomic E-state index is 3.70. The van der Waals surface area contributed by atoms with Gasteiger partial charge < -0.3 is 0 Å². The van der Waals surface area contributed by atoms with Crippen LogP contribution in [-0.4, -0.2) is 0 Å². The van der Waals surface area contributed by atoms with Crippen molar-refractivity contribution < 1.29 is 0 Å². The Morgan fingerprint density at radius 1 is 1.29 bits per heavy atom. The van der Waals surface area contributed by atoms with Crippen LogP contribution >= 0.6 is 0 Å². The smallest absolute Gasteiger partial charge is 0.0277 e. The maximum atomic E-state index is 3.70. The summed E-state index contributed by atoms with van der Waals surface area (Å²) < 4.78 is 0. The Balaban J connectivity index is 0. The highest BCUT2D eigenvalue weighted by Crippen LogP contribution is 2.12. The SMILES string of the molecule is C=C/C=C(\C=C/C)CCC(C)C.CC. The summed E-state index contributed by atoms with van der Waals surface area (Å²) in [5.74, 6) is 0.781. The summed E-state index contributed by atoms with van der Waals surface area (Å²) in [6.45, 7) is 14.2. The lowest BCUT2D eigenvalue weighted by Crippen LogP contribution is -1.88. The molecule has 82 valence electrons. The third-order valence-corrected chi connectivity index (χ3v) is 1.72. The average Bonchev–Trinajstić information content (AvgIpc) is 2.18. The van der Waals surface area contributed by atoms with E-state index in [4.69, 9.17) is 0 Å². The summed E-state index contributed by atoms with van der Waals surface area (Å²) >= 11 is 0. The molecule has 0 fully saturated rings. The van der Waals surface area contributed by atoms with Crippen molar-refractivity contribution in [2.24, 2.45) is 5.92 Å². The Kier molecular flexibility index (Phi) is 13.7. The molecular weight excluding hydrogens is 168 g/mol. The number of rotatable bonds is 5. The van der Waals surface area contributed by atoms with Crippen molar-refractivity contribution in [2.45, 2.75) is 47.5 Å². The van der Waals surface area contributed by atoms with Gasteiger partial charge in [0.15, 0.2) is 0 Å². The van der Waals surface area contributed by atoms with E-state index in [2.05, 4.69) is 38.7 Å². The molecule has 0 aromatic heterocycles. The summed E-state index contributed by atoms with van der Waals surface area (Å²) in [6.07, 6.45) is 10.6. The molecule has 0 aliphatic rings. The molecule has 0 unspecified atom stereocenters. The molecule has 0 heteroatoms. The highest BCUT2D eigenvalue weighted by molar-refractivity contribution is 5.22. The molecule has 0 heterocycles. The molecule has 0 nitrogen and oxygen atoms in total. The van der Waals surface area contributed by atoms with Gasteiger partial charge in [-0.2, -0.15) is 0 Å². The van der Waals surface area contributed by atoms with Crippen molar-refractivity contribution in [2.75, 3.05) is 0 Å². The summed E-state index contributed by atoms with van der Waals surface area (Å²) in [4.78, 5) is 0. The largest absolute Gasteiger partial charge is 0.0991 e. The van der Waals surface area contributed by atoms with E-state index in [0.29, 0.717) is 0 Å². The molecule has 0 aromatic carbocycles. The van der Waals surface area contributed by atoms with Crippen LogP contribution in [-0.2, 0) is 0 Å². The minimum atomic E-state index is 0.781. The van der Waals surface area contributed by atoms with Crippen molar-refractivity contribution in [3.8, 4) is 0 Å². The van der Waals surface area contributed by atoms with Crippen LogP contribution in [0.25, 0.3) is 0 Å². The highest BCUT2D eigenvalue weighted by atomic mass is 14.0. The molecule has 0 aliphatic heterocycles. The zero-order chi connectivity index (χ0) is 11.4. The standard InChI is InChI=1S/C12H20.C2H6/c1-5-7-12(8-6-2)10-9-11(3)4;1-2/h5-8,11H,1,9-10H2,2-4H3;1-2H3/b8-6-,12-7+;. The van der Waals surface area contributed by atoms with Crippen molar-refractivity contribution >= 4 is 0 Å². The zero-order valence-electron chi connectivity index (χ0n) is 10.5. The van der Waals surface area contributed by atoms with Gasteiger partial charge in [0.1, 0.15) is 0 Å². The van der Waals surface area contributed by atoms with E-state index in [9.17, 15) is 0 Å². The second-order valence-electron chi connectivity index (χ2n) is 3.41. The molecule has 0 aromatic rings. The first kappa shape index (κ1) is 15.7. The van der Waals surface area contributed by atoms with Crippen LogP contribution < -0.4 is 0 Å². The third-order valence-electron chi connectivity index (χ3n) is 1.72. The van der Waals surface area contributed by atoms with Gasteiger partial charge in [0.25, 0.3) is 0 Å². The fraction of sp³-hybridized carbons (Fsp3) is 0.571. The van der Waals surface area contributed by atoms with Gasteiger partial charge in [0.05, 0.1) is 0 Å². The minimum Gasteiger partial charge on any atom is -0.0991 e. The molecular formula is C14H26. The first-order chi connectivity index (χ1) is 6.70. The second-order valence-corrected chi connectivity index (χ2v) is 3.41. The van der Waals surface area contributed by atoms with E-state index in [-0.39, 0.29) is 0 Å². The number of allylic oxidation sites excluding steroid dienone is 5. The van der Waals surface area contributed by atoms with Crippen LogP contribution in [0.5, 0.6) is 0 Å². The van der Waals surface area contributed by atoms with Crippen molar-refractivity contribution in [3.05, 3.63) is 36.5 Å². The predicted molar refractivity (Wildman–Crippen MR) is 68.5 cm³/mol. The first-order valence-corrected chi connectivity index (χ1v) is 5.65. The summed E-state index contributed by atoms with van der Waals surface area (Å²) in [5, 5.41) is 0. The van der Waals surface area contributed by atoms with Crippen LogP contribution in [0, 0.1) is 5.92 Å². The van der Waals surface area contributed by atoms with Gasteiger partial charge in [-0.1, -0.05) is 58.6 Å². The summed E-state index contributed by atoms with van der Waals surface area (Å²) in [6, 6.07) is 0. The maximum Gasteiger partial charge on any atom is -0.0277 e. The Morgan fingerprint density at radius 2 is 1.86 bits per heavy atom. The first-order valence-electron chi connectivity index (χ1n) is 5.65. The van der Waals surface area contributed by atoms with Crippen LogP contribution in [0.1, 0.15) is 47.5 Å². The van der Waals surface area contributed by atoms with E-state index >= 15 is 0 Å². The van der Waals surface area contributed by atoms with Crippen LogP contribution in [0.15, 0.2) is 36.5 Å². The van der Waals surface area contributed by atoms with Gasteiger partial charge >= 0.3 is 0 Å². The molecule has 0 radical (unpaired) electrons. The van der Waals surface area contributed by atoms with E-state index in [1.807, 2.05) is 26.8 Å². The monoisotopic (exact) mass is 194 g/mol. The predicted octanol–water partition coefficient (Wildman–Crippen LogP) is 5.14. The van der Waals surface area contributed by atoms with Crippen LogP contribution in [0.4, 0.5) is 0 Å². The lowest BCUT2D eigenvalue weighted by molar-refractivity contribution is 0.588. The van der Waals surface area contributed by atoms with E-state index in [1.165, 1.54) is 12.0 Å². The van der Waals surface area contributed by atoms with Crippen molar-refractivity contribution in [3.63, 3.8) is 0 Å². The molecule has 0 saturated heterocycles. The number of hydrogen-bond donors (Lipinski definition) is 0. The minimum absolute atomic E-state index is 0.781.